The highest BCUT2D eigenvalue weighted by Gasteiger charge is 2.40. The Labute approximate surface area is 213 Å². The molecule has 9 nitrogen and oxygen atoms in total. The Morgan fingerprint density at radius 2 is 1.76 bits per heavy atom. The van der Waals surface area contributed by atoms with E-state index in [4.69, 9.17) is 0 Å². The Hall–Kier alpha value is -4.27. The molecular weight excluding hydrogens is 470 g/mol. The van der Waals surface area contributed by atoms with Gasteiger partial charge in [-0.05, 0) is 60.9 Å². The molecule has 0 unspecified atom stereocenters. The fourth-order valence-corrected chi connectivity index (χ4v) is 4.99. The van der Waals surface area contributed by atoms with Crippen molar-refractivity contribution in [2.24, 2.45) is 0 Å². The minimum absolute atomic E-state index is 0.130. The smallest absolute Gasteiger partial charge is 0.329 e. The molecule has 1 saturated heterocycles. The number of piperidine rings is 1. The molecule has 37 heavy (non-hydrogen) atoms. The molecule has 0 aliphatic carbocycles. The minimum atomic E-state index is -1.43. The van der Waals surface area contributed by atoms with Crippen LogP contribution in [0.1, 0.15) is 38.2 Å². The maximum absolute atomic E-state index is 12.5. The summed E-state index contributed by atoms with van der Waals surface area (Å²) in [7, 11) is 0. The molecular formula is C28H29N5O4. The average molecular weight is 500 g/mol. The first kappa shape index (κ1) is 24.4. The van der Waals surface area contributed by atoms with Crippen LogP contribution in [0.3, 0.4) is 0 Å². The molecule has 1 aliphatic heterocycles. The number of aliphatic carboxylic acids is 1. The number of aromatic nitrogens is 2. The zero-order valence-corrected chi connectivity index (χ0v) is 20.7. The molecule has 1 aliphatic rings. The van der Waals surface area contributed by atoms with Crippen LogP contribution < -0.4 is 26.4 Å². The summed E-state index contributed by atoms with van der Waals surface area (Å²) in [5.41, 5.74) is -0.556. The number of benzene rings is 1. The Morgan fingerprint density at radius 3 is 2.46 bits per heavy atom. The summed E-state index contributed by atoms with van der Waals surface area (Å²) in [6.07, 6.45) is 8.57. The van der Waals surface area contributed by atoms with Gasteiger partial charge in [0.15, 0.2) is 0 Å². The van der Waals surface area contributed by atoms with Crippen LogP contribution in [0.2, 0.25) is 0 Å². The number of carbonyl (C=O) groups is 1. The zero-order chi connectivity index (χ0) is 26.0. The van der Waals surface area contributed by atoms with E-state index in [1.54, 1.807) is 25.5 Å². The van der Waals surface area contributed by atoms with Crippen LogP contribution in [0.15, 0.2) is 64.6 Å². The van der Waals surface area contributed by atoms with Crippen molar-refractivity contribution in [3.63, 3.8) is 0 Å². The summed E-state index contributed by atoms with van der Waals surface area (Å²) in [6, 6.07) is 11.3. The van der Waals surface area contributed by atoms with Gasteiger partial charge in [0, 0.05) is 49.2 Å². The first-order valence-corrected chi connectivity index (χ1v) is 12.6. The normalized spacial score (nSPS) is 15.4. The molecule has 0 amide bonds. The maximum atomic E-state index is 12.5. The van der Waals surface area contributed by atoms with Crippen LogP contribution in [-0.4, -0.2) is 39.7 Å². The molecule has 9 heteroatoms. The van der Waals surface area contributed by atoms with Gasteiger partial charge in [-0.3, -0.25) is 14.6 Å². The molecule has 5 rings (SSSR count). The molecule has 4 aromatic rings. The van der Waals surface area contributed by atoms with E-state index < -0.39 is 22.4 Å². The number of carboxylic acids is 1. The summed E-state index contributed by atoms with van der Waals surface area (Å²) in [4.78, 5) is 47.9. The molecule has 190 valence electrons. The third-order valence-electron chi connectivity index (χ3n) is 7.22. The first-order chi connectivity index (χ1) is 17.9. The van der Waals surface area contributed by atoms with Crippen LogP contribution in [-0.2, 0) is 11.2 Å². The number of carboxylic acid groups (broad SMARTS) is 1. The van der Waals surface area contributed by atoms with Crippen molar-refractivity contribution in [1.82, 2.24) is 9.97 Å². The van der Waals surface area contributed by atoms with Gasteiger partial charge in [0.05, 0.1) is 0 Å². The standard InChI is InChI=1S/C28H29N5O4/c1-2-28(27(36)37,32-22-23(25(35)24(22)34)33-14-4-3-5-15-33)16-18-6-8-20(9-7-18)31-26-21-17-29-12-10-19(21)11-13-30-26/h6-13,17,32H,2-5,14-16H2,1H3,(H,30,31)(H,36,37)/t28-/m0/s1. The summed E-state index contributed by atoms with van der Waals surface area (Å²) < 4.78 is 0. The summed E-state index contributed by atoms with van der Waals surface area (Å²) in [5.74, 6) is -0.388. The van der Waals surface area contributed by atoms with E-state index in [1.165, 1.54) is 0 Å². The van der Waals surface area contributed by atoms with Gasteiger partial charge in [-0.1, -0.05) is 19.1 Å². The number of anilines is 4. The second-order valence-corrected chi connectivity index (χ2v) is 9.55. The second kappa shape index (κ2) is 10.0. The van der Waals surface area contributed by atoms with Gasteiger partial charge in [-0.2, -0.15) is 0 Å². The van der Waals surface area contributed by atoms with Crippen LogP contribution in [0.4, 0.5) is 22.9 Å². The summed E-state index contributed by atoms with van der Waals surface area (Å²) in [5, 5.41) is 18.4. The Bertz CT molecular complexity index is 1500. The summed E-state index contributed by atoms with van der Waals surface area (Å²) >= 11 is 0. The largest absolute Gasteiger partial charge is 0.479 e. The third-order valence-corrected chi connectivity index (χ3v) is 7.22. The molecule has 1 atom stereocenters. The summed E-state index contributed by atoms with van der Waals surface area (Å²) in [6.45, 7) is 3.16. The van der Waals surface area contributed by atoms with Crippen LogP contribution in [0.25, 0.3) is 10.8 Å². The lowest BCUT2D eigenvalue weighted by molar-refractivity contribution is -0.142. The van der Waals surface area contributed by atoms with Crippen molar-refractivity contribution in [2.45, 2.75) is 44.6 Å². The van der Waals surface area contributed by atoms with E-state index in [0.29, 0.717) is 24.6 Å². The number of nitrogens with zero attached hydrogens (tertiary/aromatic N) is 3. The predicted molar refractivity (Wildman–Crippen MR) is 145 cm³/mol. The Morgan fingerprint density at radius 1 is 1.03 bits per heavy atom. The Kier molecular flexibility index (Phi) is 6.60. The highest BCUT2D eigenvalue weighted by Crippen LogP contribution is 2.30. The molecule has 3 heterocycles. The number of fused-ring (bicyclic) bond motifs is 1. The highest BCUT2D eigenvalue weighted by atomic mass is 16.4. The number of hydrogen-bond donors (Lipinski definition) is 3. The van der Waals surface area contributed by atoms with Crippen LogP contribution in [0.5, 0.6) is 0 Å². The van der Waals surface area contributed by atoms with E-state index in [1.807, 2.05) is 41.3 Å². The van der Waals surface area contributed by atoms with Crippen molar-refractivity contribution >= 4 is 39.6 Å². The van der Waals surface area contributed by atoms with Crippen molar-refractivity contribution in [3.05, 3.63) is 81.0 Å². The molecule has 3 N–H and O–H groups in total. The van der Waals surface area contributed by atoms with Gasteiger partial charge in [0.2, 0.25) is 0 Å². The monoisotopic (exact) mass is 499 g/mol. The zero-order valence-electron chi connectivity index (χ0n) is 20.7. The van der Waals surface area contributed by atoms with E-state index in [2.05, 4.69) is 20.6 Å². The fourth-order valence-electron chi connectivity index (χ4n) is 4.99. The number of pyridine rings is 2. The second-order valence-electron chi connectivity index (χ2n) is 9.55. The quantitative estimate of drug-likeness (QED) is 0.295. The molecule has 0 bridgehead atoms. The molecule has 2 aromatic carbocycles. The molecule has 2 aromatic heterocycles. The SMILES string of the molecule is CC[C@@](Cc1ccc(Nc2nccc3ccncc23)cc1)(Nc1c(N2CCCCC2)c(=O)c1=O)C(=O)O. The number of hydrogen-bond acceptors (Lipinski definition) is 8. The van der Waals surface area contributed by atoms with Gasteiger partial charge >= 0.3 is 5.97 Å². The van der Waals surface area contributed by atoms with Gasteiger partial charge in [0.1, 0.15) is 22.7 Å². The van der Waals surface area contributed by atoms with Crippen molar-refractivity contribution in [2.75, 3.05) is 28.6 Å². The first-order valence-electron chi connectivity index (χ1n) is 12.6. The molecule has 0 radical (unpaired) electrons. The van der Waals surface area contributed by atoms with Gasteiger partial charge in [-0.15, -0.1) is 0 Å². The van der Waals surface area contributed by atoms with Crippen molar-refractivity contribution in [1.29, 1.82) is 0 Å². The van der Waals surface area contributed by atoms with Crippen LogP contribution >= 0.6 is 0 Å². The average Bonchev–Trinajstić information content (AvgIpc) is 2.93. The molecule has 1 fully saturated rings. The fraction of sp³-hybridized carbons (Fsp3) is 0.321. The van der Waals surface area contributed by atoms with E-state index in [9.17, 15) is 19.5 Å². The topological polar surface area (TPSA) is 125 Å². The van der Waals surface area contributed by atoms with Crippen molar-refractivity contribution < 1.29 is 9.90 Å². The maximum Gasteiger partial charge on any atom is 0.329 e. The van der Waals surface area contributed by atoms with E-state index >= 15 is 0 Å². The number of rotatable bonds is 9. The van der Waals surface area contributed by atoms with Crippen molar-refractivity contribution in [3.8, 4) is 0 Å². The van der Waals surface area contributed by atoms with Gasteiger partial charge in [-0.25, -0.2) is 9.78 Å². The van der Waals surface area contributed by atoms with Crippen LogP contribution in [0, 0.1) is 0 Å². The minimum Gasteiger partial charge on any atom is -0.479 e. The third kappa shape index (κ3) is 4.64. The lowest BCUT2D eigenvalue weighted by atomic mass is 9.87. The Balaban J connectivity index is 1.37. The lowest BCUT2D eigenvalue weighted by Crippen LogP contribution is -2.53. The molecule has 0 saturated carbocycles. The number of nitrogens with one attached hydrogen (secondary N) is 2. The van der Waals surface area contributed by atoms with Gasteiger partial charge < -0.3 is 20.6 Å². The highest BCUT2D eigenvalue weighted by molar-refractivity contribution is 5.92. The van der Waals surface area contributed by atoms with E-state index in [0.717, 1.165) is 41.3 Å². The molecule has 0 spiro atoms. The predicted octanol–water partition coefficient (Wildman–Crippen LogP) is 3.85. The lowest BCUT2D eigenvalue weighted by Gasteiger charge is -2.35. The van der Waals surface area contributed by atoms with Gasteiger partial charge in [0.25, 0.3) is 10.9 Å². The van der Waals surface area contributed by atoms with E-state index in [-0.39, 0.29) is 18.5 Å².